The van der Waals surface area contributed by atoms with E-state index >= 15 is 0 Å². The minimum atomic E-state index is -5.45. The molecule has 2 aliphatic heterocycles. The van der Waals surface area contributed by atoms with E-state index in [1.165, 1.54) is 16.7 Å². The van der Waals surface area contributed by atoms with Crippen LogP contribution in [0, 0.1) is 33.1 Å². The third kappa shape index (κ3) is 25.1. The van der Waals surface area contributed by atoms with E-state index < -0.39 is 37.0 Å². The Morgan fingerprint density at radius 1 is 0.524 bits per heavy atom. The van der Waals surface area contributed by atoms with Crippen molar-refractivity contribution in [3.05, 3.63) is 140 Å². The second-order valence-corrected chi connectivity index (χ2v) is 21.2. The first kappa shape index (κ1) is 75.1. The van der Waals surface area contributed by atoms with Crippen LogP contribution in [-0.2, 0) is 20.4 Å². The number of phenolic OH excluding ortho intramolecular Hbond substituents is 2. The van der Waals surface area contributed by atoms with Gasteiger partial charge in [-0.1, -0.05) is 165 Å². The molecule has 0 bridgehead atoms. The normalized spacial score (nSPS) is 15.5. The molecule has 2 N–H and O–H groups in total. The molecule has 4 aromatic rings. The zero-order valence-corrected chi connectivity index (χ0v) is 50.8. The first-order chi connectivity index (χ1) is 37.9. The van der Waals surface area contributed by atoms with E-state index in [0.717, 1.165) is 100.0 Å². The average Bonchev–Trinajstić information content (AvgIpc) is 3.40. The second-order valence-electron chi connectivity index (χ2n) is 21.2. The summed E-state index contributed by atoms with van der Waals surface area (Å²) in [7, 11) is 0. The monoisotopic (exact) mass is 1260 g/mol. The predicted octanol–water partition coefficient (Wildman–Crippen LogP) is 20.8. The summed E-state index contributed by atoms with van der Waals surface area (Å²) in [6.07, 6.45) is 2.80. The molecule has 6 rings (SSSR count). The third-order valence-corrected chi connectivity index (χ3v) is 14.4. The van der Waals surface area contributed by atoms with E-state index in [9.17, 15) is 54.1 Å². The maximum absolute atomic E-state index is 13.0. The number of alkyl halides is 10. The number of aryl methyl sites for hydroxylation is 2. The minimum absolute atomic E-state index is 0. The molecule has 4 aromatic carbocycles. The summed E-state index contributed by atoms with van der Waals surface area (Å²) >= 11 is 0. The Morgan fingerprint density at radius 3 is 1.43 bits per heavy atom. The number of phenols is 2. The van der Waals surface area contributed by atoms with Gasteiger partial charge in [0.15, 0.2) is 0 Å². The molecule has 466 valence electrons. The topological polar surface area (TPSA) is 65.4 Å². The molecular weight excluding hydrogens is 1170 g/mol. The van der Waals surface area contributed by atoms with Crippen molar-refractivity contribution >= 4 is 11.4 Å². The number of halogens is 10. The van der Waals surface area contributed by atoms with Gasteiger partial charge in [-0.15, -0.1) is 13.2 Å². The number of benzene rings is 4. The van der Waals surface area contributed by atoms with E-state index in [1.807, 2.05) is 45.0 Å². The Bertz CT molecular complexity index is 2380. The molecule has 6 nitrogen and oxygen atoms in total. The van der Waals surface area contributed by atoms with Gasteiger partial charge >= 0.3 is 24.2 Å². The van der Waals surface area contributed by atoms with Gasteiger partial charge in [-0.2, -0.15) is 43.9 Å². The fourth-order valence-electron chi connectivity index (χ4n) is 9.71. The number of anilines is 2. The molecular formula is C65H91F10N2O4Pd-. The number of rotatable bonds is 27. The van der Waals surface area contributed by atoms with Crippen LogP contribution < -0.4 is 19.3 Å². The Kier molecular flexibility index (Phi) is 34.3. The first-order valence-corrected chi connectivity index (χ1v) is 28.6. The maximum atomic E-state index is 13.0. The van der Waals surface area contributed by atoms with Gasteiger partial charge in [0.05, 0.1) is 23.5 Å². The van der Waals surface area contributed by atoms with Gasteiger partial charge in [-0.25, -0.2) is 0 Å². The first-order valence-electron chi connectivity index (χ1n) is 28.6. The minimum Gasteiger partial charge on any atom is -0.508 e. The molecule has 0 spiro atoms. The molecule has 17 heteroatoms. The van der Waals surface area contributed by atoms with Crippen molar-refractivity contribution in [1.82, 2.24) is 0 Å². The van der Waals surface area contributed by atoms with Gasteiger partial charge in [0.1, 0.15) is 36.2 Å². The summed E-state index contributed by atoms with van der Waals surface area (Å²) in [4.78, 5) is 4.69. The van der Waals surface area contributed by atoms with Crippen molar-refractivity contribution in [2.75, 3.05) is 36.1 Å². The van der Waals surface area contributed by atoms with Crippen LogP contribution in [0.3, 0.4) is 0 Å². The molecule has 0 amide bonds. The molecule has 82 heavy (non-hydrogen) atoms. The van der Waals surface area contributed by atoms with Gasteiger partial charge < -0.3 is 36.9 Å². The molecule has 0 saturated heterocycles. The van der Waals surface area contributed by atoms with Crippen molar-refractivity contribution in [2.24, 2.45) is 11.8 Å². The zero-order chi connectivity index (χ0) is 59.5. The van der Waals surface area contributed by atoms with E-state index in [1.54, 1.807) is 30.3 Å². The largest absolute Gasteiger partial charge is 0.508 e. The molecule has 0 radical (unpaired) electrons. The van der Waals surface area contributed by atoms with Gasteiger partial charge in [0.2, 0.25) is 0 Å². The Hall–Kier alpha value is -4.88. The predicted molar refractivity (Wildman–Crippen MR) is 311 cm³/mol. The summed E-state index contributed by atoms with van der Waals surface area (Å²) in [5.74, 6) is -6.23. The van der Waals surface area contributed by atoms with Crippen molar-refractivity contribution in [3.63, 3.8) is 0 Å². The molecule has 0 saturated carbocycles. The Labute approximate surface area is 497 Å². The molecule has 0 aromatic heterocycles. The number of aromatic hydroxyl groups is 2. The molecule has 2 aliphatic rings. The second kappa shape index (κ2) is 37.4. The van der Waals surface area contributed by atoms with E-state index in [2.05, 4.69) is 86.2 Å². The van der Waals surface area contributed by atoms with Crippen LogP contribution in [0.5, 0.6) is 23.0 Å². The van der Waals surface area contributed by atoms with Gasteiger partial charge in [-0.3, -0.25) is 0 Å². The van der Waals surface area contributed by atoms with Crippen LogP contribution in [0.15, 0.2) is 110 Å². The van der Waals surface area contributed by atoms with Crippen molar-refractivity contribution in [2.45, 2.75) is 193 Å². The van der Waals surface area contributed by atoms with E-state index in [-0.39, 0.29) is 64.3 Å². The summed E-state index contributed by atoms with van der Waals surface area (Å²) in [6.45, 7) is 22.6. The summed E-state index contributed by atoms with van der Waals surface area (Å²) < 4.78 is 135. The third-order valence-electron chi connectivity index (χ3n) is 14.4. The number of hydrogen-bond donors (Lipinski definition) is 2. The molecule has 0 aliphatic carbocycles. The van der Waals surface area contributed by atoms with Crippen LogP contribution in [0.2, 0.25) is 0 Å². The fraction of sp³-hybridized carbons (Fsp3) is 0.554. The Morgan fingerprint density at radius 2 is 0.927 bits per heavy atom. The number of hydrogen-bond acceptors (Lipinski definition) is 6. The van der Waals surface area contributed by atoms with Crippen LogP contribution in [-0.4, -0.2) is 60.7 Å². The number of unbranched alkanes of at least 4 members (excludes halogenated alkanes) is 9. The van der Waals surface area contributed by atoms with Crippen LogP contribution in [0.1, 0.15) is 178 Å². The number of nitrogens with zero attached hydrogens (tertiary/aromatic N) is 2. The summed E-state index contributed by atoms with van der Waals surface area (Å²) in [5, 5.41) is 19.5. The number of ether oxygens (including phenoxy) is 2. The van der Waals surface area contributed by atoms with E-state index in [0.29, 0.717) is 56.5 Å². The summed E-state index contributed by atoms with van der Waals surface area (Å²) in [5.41, 5.74) is 6.95. The van der Waals surface area contributed by atoms with Crippen LogP contribution >= 0.6 is 0 Å². The Balaban J connectivity index is 0.000000671. The van der Waals surface area contributed by atoms with Crippen LogP contribution in [0.25, 0.3) is 0 Å². The maximum Gasteiger partial charge on any atom is 0.453 e. The van der Waals surface area contributed by atoms with Crippen molar-refractivity contribution < 1.29 is 84.0 Å². The van der Waals surface area contributed by atoms with Crippen molar-refractivity contribution in [3.8, 4) is 23.0 Å². The molecule has 2 heterocycles. The van der Waals surface area contributed by atoms with Gasteiger partial charge in [-0.05, 0) is 104 Å². The molecule has 4 atom stereocenters. The van der Waals surface area contributed by atoms with Crippen LogP contribution in [0.4, 0.5) is 55.3 Å². The molecule has 2 unspecified atom stereocenters. The zero-order valence-electron chi connectivity index (χ0n) is 49.2. The van der Waals surface area contributed by atoms with Crippen molar-refractivity contribution in [1.29, 1.82) is 0 Å². The van der Waals surface area contributed by atoms with Gasteiger partial charge in [0.25, 0.3) is 0 Å². The van der Waals surface area contributed by atoms with E-state index in [4.69, 9.17) is 9.47 Å². The summed E-state index contributed by atoms with van der Waals surface area (Å²) in [6, 6.07) is 27.7. The number of allylic oxidation sites excluding steroid dienone is 1. The number of fused-ring (bicyclic) bond motifs is 2. The quantitative estimate of drug-likeness (QED) is 0.0204. The fourth-order valence-corrected chi connectivity index (χ4v) is 9.71. The molecule has 0 fully saturated rings. The SMILES string of the molecule is C=CCC(C)CCCCCC(F)(F)C(F)(F)F.C=CCN1c2ccc(C)cc2OC[C@H]1c1ccc(C)cc1.CC.CC(CCCCCCCCN1c2ccc(O)cc2OC[C@H]1c1ccc(O)cc1)CCCCCC(F)(F)C(F)(F)F.[CH3-].[Pd]. The average molecular weight is 1260 g/mol. The smallest absolute Gasteiger partial charge is 0.453 e. The standard InChI is InChI=1S/C31H42F5NO3.C19H21NO.C12H19F5.C2H6.CH3.Pd/c1-23(12-8-6-9-19-30(32,33)31(34,35)36)11-7-4-2-3-5-10-20-37-27-18-17-26(39)21-29(27)40-22-28(37)24-13-15-25(38)16-14-24;1-4-11-20-17-10-7-15(3)12-19(17)21-13-18(20)16-8-5-14(2)6-9-16;1-3-7-10(2)8-5-4-6-9-11(13,14)12(15,16)17;1-2;;/h13-18,21,23,28,38-39H,2-12,19-20,22H2,1H3;4-10,12,18H,1,11,13H2,2-3H3;3,10H,1,4-9H2,2H3;1-2H3;1H3;/q;;;;-1;/t23?,28-;18-;;;;/m00..../s1. The van der Waals surface area contributed by atoms with Gasteiger partial charge in [0, 0.05) is 52.4 Å².